The number of benzene rings is 1. The first-order valence-electron chi connectivity index (χ1n) is 7.07. The molecule has 3 heteroatoms. The van der Waals surface area contributed by atoms with Crippen LogP contribution in [0.3, 0.4) is 0 Å². The standard InChI is InChI=1S/C16H21N3/c1-11-5-6-13(8-12(11)2)15-10-18-19-16(15)14-4-3-7-17-9-14/h5-6,8,10,14,17H,3-4,7,9H2,1-2H3,(H,18,19). The lowest BCUT2D eigenvalue weighted by Crippen LogP contribution is -2.28. The second-order valence-corrected chi connectivity index (χ2v) is 5.54. The lowest BCUT2D eigenvalue weighted by atomic mass is 9.91. The summed E-state index contributed by atoms with van der Waals surface area (Å²) in [6, 6.07) is 6.66. The molecule has 1 unspecified atom stereocenters. The predicted octanol–water partition coefficient (Wildman–Crippen LogP) is 3.16. The lowest BCUT2D eigenvalue weighted by molar-refractivity contribution is 0.455. The van der Waals surface area contributed by atoms with E-state index in [1.165, 1.54) is 40.8 Å². The molecule has 2 N–H and O–H groups in total. The van der Waals surface area contributed by atoms with Crippen molar-refractivity contribution in [1.82, 2.24) is 15.5 Å². The number of nitrogens with zero attached hydrogens (tertiary/aromatic N) is 1. The van der Waals surface area contributed by atoms with Gasteiger partial charge in [-0.3, -0.25) is 5.10 Å². The van der Waals surface area contributed by atoms with Crippen molar-refractivity contribution < 1.29 is 0 Å². The first-order chi connectivity index (χ1) is 9.25. The second kappa shape index (κ2) is 5.17. The van der Waals surface area contributed by atoms with E-state index in [0.717, 1.165) is 13.1 Å². The highest BCUT2D eigenvalue weighted by molar-refractivity contribution is 5.67. The topological polar surface area (TPSA) is 40.7 Å². The summed E-state index contributed by atoms with van der Waals surface area (Å²) >= 11 is 0. The van der Waals surface area contributed by atoms with Gasteiger partial charge in [-0.2, -0.15) is 5.10 Å². The van der Waals surface area contributed by atoms with Crippen LogP contribution in [-0.2, 0) is 0 Å². The van der Waals surface area contributed by atoms with Crippen molar-refractivity contribution in [3.8, 4) is 11.1 Å². The average molecular weight is 255 g/mol. The zero-order valence-electron chi connectivity index (χ0n) is 11.7. The smallest absolute Gasteiger partial charge is 0.0568 e. The van der Waals surface area contributed by atoms with Crippen molar-refractivity contribution in [2.45, 2.75) is 32.6 Å². The molecule has 3 rings (SSSR count). The number of H-pyrrole nitrogens is 1. The van der Waals surface area contributed by atoms with E-state index < -0.39 is 0 Å². The van der Waals surface area contributed by atoms with Crippen LogP contribution in [-0.4, -0.2) is 23.3 Å². The Kier molecular flexibility index (Phi) is 3.38. The summed E-state index contributed by atoms with van der Waals surface area (Å²) in [5.74, 6) is 0.563. The summed E-state index contributed by atoms with van der Waals surface area (Å²) in [7, 11) is 0. The van der Waals surface area contributed by atoms with E-state index >= 15 is 0 Å². The van der Waals surface area contributed by atoms with E-state index in [0.29, 0.717) is 5.92 Å². The van der Waals surface area contributed by atoms with E-state index in [1.54, 1.807) is 0 Å². The number of nitrogens with one attached hydrogen (secondary N) is 2. The molecule has 1 saturated heterocycles. The molecule has 1 aromatic heterocycles. The molecule has 0 aliphatic carbocycles. The fourth-order valence-corrected chi connectivity index (χ4v) is 2.84. The molecule has 0 saturated carbocycles. The maximum atomic E-state index is 4.27. The molecule has 2 aromatic rings. The summed E-state index contributed by atoms with van der Waals surface area (Å²) in [6.45, 7) is 6.52. The summed E-state index contributed by atoms with van der Waals surface area (Å²) in [5.41, 5.74) is 6.50. The fraction of sp³-hybridized carbons (Fsp3) is 0.438. The van der Waals surface area contributed by atoms with Crippen molar-refractivity contribution in [3.63, 3.8) is 0 Å². The maximum absolute atomic E-state index is 4.27. The molecule has 19 heavy (non-hydrogen) atoms. The van der Waals surface area contributed by atoms with Gasteiger partial charge in [0.1, 0.15) is 0 Å². The van der Waals surface area contributed by atoms with Crippen LogP contribution in [0.25, 0.3) is 11.1 Å². The quantitative estimate of drug-likeness (QED) is 0.865. The van der Waals surface area contributed by atoms with Gasteiger partial charge in [0.2, 0.25) is 0 Å². The van der Waals surface area contributed by atoms with Gasteiger partial charge in [0.25, 0.3) is 0 Å². The molecule has 0 spiro atoms. The second-order valence-electron chi connectivity index (χ2n) is 5.54. The number of rotatable bonds is 2. The number of hydrogen-bond acceptors (Lipinski definition) is 2. The van der Waals surface area contributed by atoms with Crippen LogP contribution in [0.2, 0.25) is 0 Å². The first-order valence-corrected chi connectivity index (χ1v) is 7.07. The monoisotopic (exact) mass is 255 g/mol. The van der Waals surface area contributed by atoms with E-state index in [4.69, 9.17) is 0 Å². The van der Waals surface area contributed by atoms with Gasteiger partial charge in [-0.25, -0.2) is 0 Å². The SMILES string of the molecule is Cc1ccc(-c2cn[nH]c2C2CCCNC2)cc1C. The lowest BCUT2D eigenvalue weighted by Gasteiger charge is -2.22. The molecule has 1 atom stereocenters. The van der Waals surface area contributed by atoms with Crippen LogP contribution < -0.4 is 5.32 Å². The van der Waals surface area contributed by atoms with Crippen LogP contribution in [0.1, 0.15) is 35.6 Å². The molecule has 2 heterocycles. The molecule has 0 radical (unpaired) electrons. The van der Waals surface area contributed by atoms with E-state index in [2.05, 4.69) is 47.6 Å². The first kappa shape index (κ1) is 12.4. The summed E-state index contributed by atoms with van der Waals surface area (Å²) in [5, 5.41) is 11.0. The van der Waals surface area contributed by atoms with Gasteiger partial charge in [-0.05, 0) is 49.9 Å². The number of hydrogen-bond donors (Lipinski definition) is 2. The minimum Gasteiger partial charge on any atom is -0.316 e. The molecule has 3 nitrogen and oxygen atoms in total. The number of piperidine rings is 1. The Morgan fingerprint density at radius 2 is 2.11 bits per heavy atom. The molecular formula is C16H21N3. The average Bonchev–Trinajstić information content (AvgIpc) is 2.92. The van der Waals surface area contributed by atoms with Crippen molar-refractivity contribution in [2.24, 2.45) is 0 Å². The van der Waals surface area contributed by atoms with Gasteiger partial charge >= 0.3 is 0 Å². The molecular weight excluding hydrogens is 234 g/mol. The zero-order valence-corrected chi connectivity index (χ0v) is 11.7. The minimum absolute atomic E-state index is 0.563. The third-order valence-corrected chi connectivity index (χ3v) is 4.19. The third kappa shape index (κ3) is 2.43. The number of aromatic amines is 1. The Morgan fingerprint density at radius 3 is 2.84 bits per heavy atom. The molecule has 0 amide bonds. The molecule has 1 aromatic carbocycles. The van der Waals surface area contributed by atoms with Crippen LogP contribution in [0.15, 0.2) is 24.4 Å². The van der Waals surface area contributed by atoms with E-state index in [9.17, 15) is 0 Å². The zero-order chi connectivity index (χ0) is 13.2. The Balaban J connectivity index is 1.96. The Morgan fingerprint density at radius 1 is 1.21 bits per heavy atom. The molecule has 0 bridgehead atoms. The fourth-order valence-electron chi connectivity index (χ4n) is 2.84. The van der Waals surface area contributed by atoms with Gasteiger partial charge < -0.3 is 5.32 Å². The van der Waals surface area contributed by atoms with Crippen molar-refractivity contribution in [3.05, 3.63) is 41.2 Å². The highest BCUT2D eigenvalue weighted by atomic mass is 15.1. The molecule has 1 aliphatic rings. The van der Waals surface area contributed by atoms with Gasteiger partial charge in [0.05, 0.1) is 6.20 Å². The predicted molar refractivity (Wildman–Crippen MR) is 78.3 cm³/mol. The molecule has 1 aliphatic heterocycles. The van der Waals surface area contributed by atoms with Gasteiger partial charge in [-0.1, -0.05) is 18.2 Å². The largest absolute Gasteiger partial charge is 0.316 e. The highest BCUT2D eigenvalue weighted by Crippen LogP contribution is 2.31. The Hall–Kier alpha value is -1.61. The van der Waals surface area contributed by atoms with Crippen LogP contribution >= 0.6 is 0 Å². The minimum atomic E-state index is 0.563. The Labute approximate surface area is 114 Å². The van der Waals surface area contributed by atoms with Crippen molar-refractivity contribution >= 4 is 0 Å². The van der Waals surface area contributed by atoms with E-state index in [-0.39, 0.29) is 0 Å². The third-order valence-electron chi connectivity index (χ3n) is 4.19. The van der Waals surface area contributed by atoms with Gasteiger partial charge in [-0.15, -0.1) is 0 Å². The maximum Gasteiger partial charge on any atom is 0.0568 e. The molecule has 1 fully saturated rings. The van der Waals surface area contributed by atoms with Crippen LogP contribution in [0, 0.1) is 13.8 Å². The molecule has 100 valence electrons. The van der Waals surface area contributed by atoms with Crippen molar-refractivity contribution in [1.29, 1.82) is 0 Å². The van der Waals surface area contributed by atoms with Crippen LogP contribution in [0.5, 0.6) is 0 Å². The van der Waals surface area contributed by atoms with E-state index in [1.807, 2.05) is 6.20 Å². The van der Waals surface area contributed by atoms with Gasteiger partial charge in [0, 0.05) is 23.7 Å². The summed E-state index contributed by atoms with van der Waals surface area (Å²) in [4.78, 5) is 0. The summed E-state index contributed by atoms with van der Waals surface area (Å²) in [6.07, 6.45) is 4.46. The normalized spacial score (nSPS) is 19.6. The summed E-state index contributed by atoms with van der Waals surface area (Å²) < 4.78 is 0. The Bertz CT molecular complexity index is 565. The van der Waals surface area contributed by atoms with Crippen molar-refractivity contribution in [2.75, 3.05) is 13.1 Å². The number of aryl methyl sites for hydroxylation is 2. The van der Waals surface area contributed by atoms with Crippen LogP contribution in [0.4, 0.5) is 0 Å². The number of aromatic nitrogens is 2. The van der Waals surface area contributed by atoms with Gasteiger partial charge in [0.15, 0.2) is 0 Å². The highest BCUT2D eigenvalue weighted by Gasteiger charge is 2.20.